The smallest absolute Gasteiger partial charge is 0.0417 e. The Hall–Kier alpha value is -0.140. The molecule has 0 unspecified atom stereocenters. The Labute approximate surface area is 71.6 Å². The molecule has 0 aromatic heterocycles. The molecule has 10 heavy (non-hydrogen) atoms. The maximum absolute atomic E-state index is 5.73. The van der Waals surface area contributed by atoms with Crippen molar-refractivity contribution in [2.75, 3.05) is 0 Å². The first-order valence-corrected chi connectivity index (χ1v) is 4.04. The fraction of sp³-hybridized carbons (Fsp3) is 0.250. The molecule has 0 amide bonds. The number of hydrogen-bond donors (Lipinski definition) is 1. The van der Waals surface area contributed by atoms with Gasteiger partial charge in [-0.3, -0.25) is 0 Å². The molecule has 0 bridgehead atoms. The van der Waals surface area contributed by atoms with Gasteiger partial charge in [0.25, 0.3) is 0 Å². The van der Waals surface area contributed by atoms with E-state index in [4.69, 9.17) is 11.6 Å². The highest BCUT2D eigenvalue weighted by molar-refractivity contribution is 7.80. The Bertz CT molecular complexity index is 233. The van der Waals surface area contributed by atoms with Crippen molar-refractivity contribution in [3.05, 3.63) is 28.8 Å². The van der Waals surface area contributed by atoms with E-state index < -0.39 is 0 Å². The number of thiol groups is 1. The zero-order chi connectivity index (χ0) is 7.56. The molecule has 0 aliphatic heterocycles. The van der Waals surface area contributed by atoms with Gasteiger partial charge in [0, 0.05) is 9.92 Å². The van der Waals surface area contributed by atoms with E-state index >= 15 is 0 Å². The minimum absolute atomic E-state index is 0.752. The van der Waals surface area contributed by atoms with Crippen molar-refractivity contribution in [3.8, 4) is 0 Å². The predicted molar refractivity (Wildman–Crippen MR) is 48.1 cm³/mol. The Kier molecular flexibility index (Phi) is 2.64. The molecule has 0 nitrogen and oxygen atoms in total. The van der Waals surface area contributed by atoms with Gasteiger partial charge in [-0.05, 0) is 24.1 Å². The molecular formula is C8H9ClS. The monoisotopic (exact) mass is 172 g/mol. The summed E-state index contributed by atoms with van der Waals surface area (Å²) in [5, 5.41) is 0.752. The first-order valence-electron chi connectivity index (χ1n) is 3.21. The minimum Gasteiger partial charge on any atom is -0.143 e. The molecule has 1 rings (SSSR count). The number of hydrogen-bond acceptors (Lipinski definition) is 1. The van der Waals surface area contributed by atoms with Crippen LogP contribution in [-0.2, 0) is 6.42 Å². The molecule has 0 spiro atoms. The zero-order valence-corrected chi connectivity index (χ0v) is 7.41. The fourth-order valence-corrected chi connectivity index (χ4v) is 1.46. The highest BCUT2D eigenvalue weighted by Crippen LogP contribution is 2.19. The van der Waals surface area contributed by atoms with Crippen molar-refractivity contribution >= 4 is 24.2 Å². The molecular weight excluding hydrogens is 164 g/mol. The first kappa shape index (κ1) is 7.96. The maximum Gasteiger partial charge on any atom is 0.0417 e. The third-order valence-corrected chi connectivity index (χ3v) is 2.08. The second kappa shape index (κ2) is 3.31. The van der Waals surface area contributed by atoms with Crippen molar-refractivity contribution in [1.29, 1.82) is 0 Å². The van der Waals surface area contributed by atoms with Crippen LogP contribution in [0.3, 0.4) is 0 Å². The quantitative estimate of drug-likeness (QED) is 0.618. The fourth-order valence-electron chi connectivity index (χ4n) is 0.836. The van der Waals surface area contributed by atoms with E-state index in [0.717, 1.165) is 16.3 Å². The topological polar surface area (TPSA) is 0 Å². The van der Waals surface area contributed by atoms with Crippen molar-refractivity contribution in [3.63, 3.8) is 0 Å². The van der Waals surface area contributed by atoms with Gasteiger partial charge in [0.05, 0.1) is 0 Å². The van der Waals surface area contributed by atoms with Gasteiger partial charge in [0.2, 0.25) is 0 Å². The second-order valence-corrected chi connectivity index (χ2v) is 3.04. The summed E-state index contributed by atoms with van der Waals surface area (Å²) in [6.07, 6.45) is 1.01. The summed E-state index contributed by atoms with van der Waals surface area (Å²) in [5.41, 5.74) is 1.24. The molecule has 0 aliphatic carbocycles. The number of aryl methyl sites for hydroxylation is 1. The van der Waals surface area contributed by atoms with Crippen LogP contribution in [0.5, 0.6) is 0 Å². The van der Waals surface area contributed by atoms with Gasteiger partial charge in [0.1, 0.15) is 0 Å². The molecule has 1 aromatic carbocycles. The molecule has 0 atom stereocenters. The molecule has 0 saturated carbocycles. The second-order valence-electron chi connectivity index (χ2n) is 2.13. The summed E-state index contributed by atoms with van der Waals surface area (Å²) in [7, 11) is 0. The molecule has 1 aromatic rings. The zero-order valence-electron chi connectivity index (χ0n) is 5.76. The Balaban J connectivity index is 3.07. The lowest BCUT2D eigenvalue weighted by molar-refractivity contribution is 1.09. The van der Waals surface area contributed by atoms with E-state index in [-0.39, 0.29) is 0 Å². The normalized spacial score (nSPS) is 9.90. The van der Waals surface area contributed by atoms with Crippen LogP contribution in [-0.4, -0.2) is 0 Å². The SMILES string of the molecule is CCc1ccc(Cl)cc1S. The standard InChI is InChI=1S/C8H9ClS/c1-2-6-3-4-7(9)5-8(6)10/h3-5,10H,2H2,1H3. The minimum atomic E-state index is 0.752. The van der Waals surface area contributed by atoms with Gasteiger partial charge >= 0.3 is 0 Å². The first-order chi connectivity index (χ1) is 4.74. The van der Waals surface area contributed by atoms with Crippen LogP contribution < -0.4 is 0 Å². The van der Waals surface area contributed by atoms with Crippen LogP contribution in [0.25, 0.3) is 0 Å². The van der Waals surface area contributed by atoms with Crippen molar-refractivity contribution in [2.24, 2.45) is 0 Å². The van der Waals surface area contributed by atoms with Crippen LogP contribution in [0.15, 0.2) is 23.1 Å². The number of benzene rings is 1. The summed E-state index contributed by atoms with van der Waals surface area (Å²) in [6.45, 7) is 2.10. The summed E-state index contributed by atoms with van der Waals surface area (Å²) >= 11 is 9.99. The van der Waals surface area contributed by atoms with Gasteiger partial charge in [-0.25, -0.2) is 0 Å². The molecule has 0 saturated heterocycles. The summed E-state index contributed by atoms with van der Waals surface area (Å²) in [4.78, 5) is 0.981. The van der Waals surface area contributed by atoms with Crippen LogP contribution in [0.1, 0.15) is 12.5 Å². The average molecular weight is 173 g/mol. The molecule has 0 N–H and O–H groups in total. The number of rotatable bonds is 1. The largest absolute Gasteiger partial charge is 0.143 e. The molecule has 0 heterocycles. The summed E-state index contributed by atoms with van der Waals surface area (Å²) in [5.74, 6) is 0. The maximum atomic E-state index is 5.73. The van der Waals surface area contributed by atoms with Crippen LogP contribution in [0.4, 0.5) is 0 Å². The van der Waals surface area contributed by atoms with Crippen LogP contribution in [0, 0.1) is 0 Å². The van der Waals surface area contributed by atoms with Gasteiger partial charge in [-0.15, -0.1) is 12.6 Å². The Morgan fingerprint density at radius 3 is 2.70 bits per heavy atom. The number of halogens is 1. The lowest BCUT2D eigenvalue weighted by Gasteiger charge is -2.00. The molecule has 0 radical (unpaired) electrons. The van der Waals surface area contributed by atoms with Crippen molar-refractivity contribution in [1.82, 2.24) is 0 Å². The van der Waals surface area contributed by atoms with Gasteiger partial charge in [0.15, 0.2) is 0 Å². The van der Waals surface area contributed by atoms with E-state index in [1.807, 2.05) is 18.2 Å². The summed E-state index contributed by atoms with van der Waals surface area (Å²) < 4.78 is 0. The molecule has 0 fully saturated rings. The average Bonchev–Trinajstić information content (AvgIpc) is 1.88. The molecule has 2 heteroatoms. The van der Waals surface area contributed by atoms with Gasteiger partial charge in [-0.1, -0.05) is 24.6 Å². The highest BCUT2D eigenvalue weighted by atomic mass is 35.5. The third-order valence-electron chi connectivity index (χ3n) is 1.43. The van der Waals surface area contributed by atoms with E-state index in [1.54, 1.807) is 0 Å². The van der Waals surface area contributed by atoms with E-state index in [1.165, 1.54) is 5.56 Å². The Morgan fingerprint density at radius 2 is 2.20 bits per heavy atom. The van der Waals surface area contributed by atoms with Crippen LogP contribution >= 0.6 is 24.2 Å². The van der Waals surface area contributed by atoms with E-state index in [9.17, 15) is 0 Å². The van der Waals surface area contributed by atoms with Gasteiger partial charge in [-0.2, -0.15) is 0 Å². The lowest BCUT2D eigenvalue weighted by Crippen LogP contribution is -1.80. The van der Waals surface area contributed by atoms with E-state index in [2.05, 4.69) is 19.6 Å². The van der Waals surface area contributed by atoms with E-state index in [0.29, 0.717) is 0 Å². The van der Waals surface area contributed by atoms with Crippen molar-refractivity contribution in [2.45, 2.75) is 18.2 Å². The predicted octanol–water partition coefficient (Wildman–Crippen LogP) is 3.19. The molecule has 54 valence electrons. The lowest BCUT2D eigenvalue weighted by atomic mass is 10.2. The third kappa shape index (κ3) is 1.68. The highest BCUT2D eigenvalue weighted by Gasteiger charge is 1.95. The summed E-state index contributed by atoms with van der Waals surface area (Å²) in [6, 6.07) is 5.76. The Morgan fingerprint density at radius 1 is 1.50 bits per heavy atom. The van der Waals surface area contributed by atoms with Gasteiger partial charge < -0.3 is 0 Å². The van der Waals surface area contributed by atoms with Crippen molar-refractivity contribution < 1.29 is 0 Å². The van der Waals surface area contributed by atoms with Crippen LogP contribution in [0.2, 0.25) is 5.02 Å². The molecule has 0 aliphatic rings.